The van der Waals surface area contributed by atoms with Crippen LogP contribution in [0.1, 0.15) is 96.8 Å². The van der Waals surface area contributed by atoms with E-state index in [4.69, 9.17) is 0 Å². The van der Waals surface area contributed by atoms with E-state index in [9.17, 15) is 4.79 Å². The summed E-state index contributed by atoms with van der Waals surface area (Å²) in [4.78, 5) is 13.4. The second-order valence-corrected chi connectivity index (χ2v) is 6.98. The molecule has 0 unspecified atom stereocenters. The molecule has 0 N–H and O–H groups in total. The molecule has 0 heterocycles. The number of rotatable bonds is 16. The van der Waals surface area contributed by atoms with E-state index >= 15 is 0 Å². The van der Waals surface area contributed by atoms with Gasteiger partial charge in [-0.05, 0) is 12.2 Å². The van der Waals surface area contributed by atoms with Crippen LogP contribution in [0.2, 0.25) is 0 Å². The second-order valence-electron chi connectivity index (χ2n) is 6.53. The van der Waals surface area contributed by atoms with Crippen LogP contribution < -0.4 is 0 Å². The van der Waals surface area contributed by atoms with Crippen LogP contribution >= 0.6 is 12.6 Å². The number of hydrogen-bond donors (Lipinski definition) is 1. The van der Waals surface area contributed by atoms with Gasteiger partial charge in [0.2, 0.25) is 5.91 Å². The molecule has 0 aromatic rings. The van der Waals surface area contributed by atoms with Crippen LogP contribution in [-0.4, -0.2) is 30.2 Å². The van der Waals surface area contributed by atoms with Crippen LogP contribution in [0.15, 0.2) is 0 Å². The molecular formula is C19H39NOS. The number of carbonyl (C=O) groups excluding carboxylic acids is 1. The van der Waals surface area contributed by atoms with Crippen molar-refractivity contribution < 1.29 is 4.79 Å². The summed E-state index contributed by atoms with van der Waals surface area (Å²) in [5.41, 5.74) is 0. The summed E-state index contributed by atoms with van der Waals surface area (Å²) in [5.74, 6) is 0.885. The first kappa shape index (κ1) is 21.8. The molecule has 0 aliphatic rings. The molecule has 1 amide bonds. The summed E-state index contributed by atoms with van der Waals surface area (Å²) in [7, 11) is 1.91. The van der Waals surface area contributed by atoms with Crippen molar-refractivity contribution >= 4 is 18.5 Å². The highest BCUT2D eigenvalue weighted by Gasteiger charge is 2.06. The van der Waals surface area contributed by atoms with E-state index in [1.165, 1.54) is 77.0 Å². The molecule has 0 aromatic carbocycles. The molecular weight excluding hydrogens is 290 g/mol. The summed E-state index contributed by atoms with van der Waals surface area (Å²) in [6.07, 6.45) is 18.4. The molecule has 0 atom stereocenters. The molecule has 132 valence electrons. The molecule has 0 aliphatic carbocycles. The third kappa shape index (κ3) is 14.7. The lowest BCUT2D eigenvalue weighted by Gasteiger charge is -2.16. The molecule has 2 nitrogen and oxygen atoms in total. The Bertz CT molecular complexity index is 246. The van der Waals surface area contributed by atoms with Crippen molar-refractivity contribution in [2.75, 3.05) is 19.3 Å². The lowest BCUT2D eigenvalue weighted by molar-refractivity contribution is -0.129. The molecule has 0 saturated heterocycles. The average molecular weight is 330 g/mol. The van der Waals surface area contributed by atoms with Crippen molar-refractivity contribution in [3.8, 4) is 0 Å². The van der Waals surface area contributed by atoms with Gasteiger partial charge in [-0.1, -0.05) is 84.0 Å². The zero-order valence-electron chi connectivity index (χ0n) is 15.1. The van der Waals surface area contributed by atoms with Gasteiger partial charge >= 0.3 is 0 Å². The first-order valence-electron chi connectivity index (χ1n) is 9.57. The Balaban J connectivity index is 3.15. The van der Waals surface area contributed by atoms with Gasteiger partial charge in [0.25, 0.3) is 0 Å². The van der Waals surface area contributed by atoms with Crippen LogP contribution in [0, 0.1) is 0 Å². The Morgan fingerprint density at radius 3 is 1.59 bits per heavy atom. The Morgan fingerprint density at radius 2 is 1.18 bits per heavy atom. The smallest absolute Gasteiger partial charge is 0.223 e. The fourth-order valence-electron chi connectivity index (χ4n) is 2.78. The monoisotopic (exact) mass is 329 g/mol. The van der Waals surface area contributed by atoms with Crippen molar-refractivity contribution in [1.82, 2.24) is 4.90 Å². The lowest BCUT2D eigenvalue weighted by atomic mass is 10.0. The van der Waals surface area contributed by atoms with E-state index in [1.54, 1.807) is 0 Å². The molecule has 22 heavy (non-hydrogen) atoms. The number of hydrogen-bond acceptors (Lipinski definition) is 2. The number of nitrogens with zero attached hydrogens (tertiary/aromatic N) is 1. The third-order valence-corrected chi connectivity index (χ3v) is 4.57. The topological polar surface area (TPSA) is 20.3 Å². The molecule has 0 bridgehead atoms. The lowest BCUT2D eigenvalue weighted by Crippen LogP contribution is -2.27. The molecule has 0 spiro atoms. The van der Waals surface area contributed by atoms with Gasteiger partial charge in [-0.25, -0.2) is 0 Å². The summed E-state index contributed by atoms with van der Waals surface area (Å²) in [6, 6.07) is 0. The van der Waals surface area contributed by atoms with Crippen molar-refractivity contribution in [2.45, 2.75) is 96.8 Å². The summed E-state index contributed by atoms with van der Waals surface area (Å²) >= 11 is 4.10. The van der Waals surface area contributed by atoms with Gasteiger partial charge in [0.15, 0.2) is 0 Å². The van der Waals surface area contributed by atoms with E-state index in [0.29, 0.717) is 12.2 Å². The zero-order valence-corrected chi connectivity index (χ0v) is 16.0. The van der Waals surface area contributed by atoms with E-state index in [0.717, 1.165) is 13.0 Å². The van der Waals surface area contributed by atoms with Gasteiger partial charge in [-0.2, -0.15) is 12.6 Å². The maximum atomic E-state index is 11.6. The number of amides is 1. The molecule has 0 aliphatic heterocycles. The first-order valence-corrected chi connectivity index (χ1v) is 10.2. The van der Waals surface area contributed by atoms with Crippen molar-refractivity contribution in [3.63, 3.8) is 0 Å². The molecule has 0 saturated carbocycles. The predicted molar refractivity (Wildman–Crippen MR) is 102 cm³/mol. The SMILES string of the molecule is CCCCCCCCCCCCCCCN(C)C(=O)CCS. The highest BCUT2D eigenvalue weighted by Crippen LogP contribution is 2.12. The van der Waals surface area contributed by atoms with Gasteiger partial charge in [-0.15, -0.1) is 0 Å². The molecule has 0 fully saturated rings. The highest BCUT2D eigenvalue weighted by molar-refractivity contribution is 7.80. The van der Waals surface area contributed by atoms with Crippen LogP contribution in [-0.2, 0) is 4.79 Å². The third-order valence-electron chi connectivity index (χ3n) is 4.35. The second kappa shape index (κ2) is 17.2. The Morgan fingerprint density at radius 1 is 0.773 bits per heavy atom. The molecule has 3 heteroatoms. The minimum Gasteiger partial charge on any atom is -0.346 e. The minimum atomic E-state index is 0.230. The van der Waals surface area contributed by atoms with E-state index in [-0.39, 0.29) is 5.91 Å². The number of carbonyl (C=O) groups is 1. The number of thiol groups is 1. The quantitative estimate of drug-likeness (QED) is 0.278. The van der Waals surface area contributed by atoms with Crippen LogP contribution in [0.25, 0.3) is 0 Å². The van der Waals surface area contributed by atoms with E-state index < -0.39 is 0 Å². The highest BCUT2D eigenvalue weighted by atomic mass is 32.1. The molecule has 0 rings (SSSR count). The summed E-state index contributed by atoms with van der Waals surface area (Å²) in [6.45, 7) is 3.18. The Kier molecular flexibility index (Phi) is 17.0. The Labute approximate surface area is 144 Å². The van der Waals surface area contributed by atoms with Gasteiger partial charge in [-0.3, -0.25) is 4.79 Å². The first-order chi connectivity index (χ1) is 10.7. The standard InChI is InChI=1S/C19H39NOS/c1-3-4-5-6-7-8-9-10-11-12-13-14-15-17-20(2)19(21)16-18-22/h22H,3-18H2,1-2H3. The summed E-state index contributed by atoms with van der Waals surface area (Å²) < 4.78 is 0. The van der Waals surface area contributed by atoms with Crippen molar-refractivity contribution in [1.29, 1.82) is 0 Å². The fourth-order valence-corrected chi connectivity index (χ4v) is 2.97. The maximum absolute atomic E-state index is 11.6. The summed E-state index contributed by atoms with van der Waals surface area (Å²) in [5, 5.41) is 0. The van der Waals surface area contributed by atoms with Crippen LogP contribution in [0.4, 0.5) is 0 Å². The van der Waals surface area contributed by atoms with Gasteiger partial charge in [0, 0.05) is 20.0 Å². The molecule has 0 aromatic heterocycles. The van der Waals surface area contributed by atoms with Crippen LogP contribution in [0.5, 0.6) is 0 Å². The largest absolute Gasteiger partial charge is 0.346 e. The normalized spacial score (nSPS) is 10.9. The van der Waals surface area contributed by atoms with Crippen molar-refractivity contribution in [2.24, 2.45) is 0 Å². The van der Waals surface area contributed by atoms with E-state index in [2.05, 4.69) is 19.6 Å². The average Bonchev–Trinajstić information content (AvgIpc) is 2.51. The zero-order chi connectivity index (χ0) is 16.5. The number of unbranched alkanes of at least 4 members (excludes halogenated alkanes) is 12. The van der Waals surface area contributed by atoms with Gasteiger partial charge in [0.1, 0.15) is 0 Å². The maximum Gasteiger partial charge on any atom is 0.223 e. The molecule has 0 radical (unpaired) electrons. The fraction of sp³-hybridized carbons (Fsp3) is 0.947. The van der Waals surface area contributed by atoms with Crippen molar-refractivity contribution in [3.05, 3.63) is 0 Å². The predicted octanol–water partition coefficient (Wildman–Crippen LogP) is 5.86. The van der Waals surface area contributed by atoms with Crippen LogP contribution in [0.3, 0.4) is 0 Å². The van der Waals surface area contributed by atoms with E-state index in [1.807, 2.05) is 11.9 Å². The van der Waals surface area contributed by atoms with Gasteiger partial charge < -0.3 is 4.90 Å². The van der Waals surface area contributed by atoms with Gasteiger partial charge in [0.05, 0.1) is 0 Å². The Hall–Kier alpha value is -0.180. The minimum absolute atomic E-state index is 0.230.